The van der Waals surface area contributed by atoms with Crippen LogP contribution in [0.5, 0.6) is 0 Å². The molecule has 2 rings (SSSR count). The number of likely N-dealkylation sites (N-methyl/N-ethyl adjacent to an activating group) is 1. The van der Waals surface area contributed by atoms with Crippen LogP contribution in [0.1, 0.15) is 31.4 Å². The Morgan fingerprint density at radius 2 is 2.18 bits per heavy atom. The number of hydrogen-bond acceptors (Lipinski definition) is 2. The first-order valence-corrected chi connectivity index (χ1v) is 6.32. The van der Waals surface area contributed by atoms with E-state index in [-0.39, 0.29) is 18.0 Å². The van der Waals surface area contributed by atoms with Gasteiger partial charge in [-0.2, -0.15) is 0 Å². The fraction of sp³-hybridized carbons (Fsp3) is 0.462. The summed E-state index contributed by atoms with van der Waals surface area (Å²) >= 11 is 6.20. The zero-order valence-corrected chi connectivity index (χ0v) is 10.7. The van der Waals surface area contributed by atoms with Gasteiger partial charge in [0.2, 0.25) is 5.91 Å². The normalized spacial score (nSPS) is 25.1. The molecule has 0 aliphatic carbocycles. The van der Waals surface area contributed by atoms with Gasteiger partial charge < -0.3 is 10.6 Å². The number of piperidine rings is 1. The molecule has 0 saturated carbocycles. The molecule has 2 unspecified atom stereocenters. The molecule has 17 heavy (non-hydrogen) atoms. The second kappa shape index (κ2) is 5.07. The topological polar surface area (TPSA) is 46.3 Å². The molecule has 4 heteroatoms. The van der Waals surface area contributed by atoms with Crippen LogP contribution in [0, 0.1) is 0 Å². The molecule has 0 aromatic heterocycles. The van der Waals surface area contributed by atoms with Crippen molar-refractivity contribution < 1.29 is 4.79 Å². The number of nitrogens with zero attached hydrogens (tertiary/aromatic N) is 1. The molecule has 1 fully saturated rings. The molecule has 0 bridgehead atoms. The molecular weight excluding hydrogens is 236 g/mol. The van der Waals surface area contributed by atoms with Crippen molar-refractivity contribution in [2.24, 2.45) is 5.73 Å². The summed E-state index contributed by atoms with van der Waals surface area (Å²) in [5.74, 6) is 0.166. The van der Waals surface area contributed by atoms with Gasteiger partial charge in [-0.25, -0.2) is 0 Å². The fourth-order valence-corrected chi connectivity index (χ4v) is 2.71. The monoisotopic (exact) mass is 252 g/mol. The van der Waals surface area contributed by atoms with Gasteiger partial charge in [0.1, 0.15) is 0 Å². The highest BCUT2D eigenvalue weighted by Gasteiger charge is 2.34. The Labute approximate surface area is 107 Å². The first kappa shape index (κ1) is 12.4. The maximum atomic E-state index is 11.9. The Hall–Kier alpha value is -1.06. The number of halogens is 1. The molecule has 1 saturated heterocycles. The van der Waals surface area contributed by atoms with Gasteiger partial charge >= 0.3 is 0 Å². The molecule has 0 spiro atoms. The third-order valence-electron chi connectivity index (χ3n) is 3.32. The number of hydrogen-bond donors (Lipinski definition) is 1. The summed E-state index contributed by atoms with van der Waals surface area (Å²) in [7, 11) is 0. The van der Waals surface area contributed by atoms with Crippen molar-refractivity contribution in [2.45, 2.75) is 31.8 Å². The van der Waals surface area contributed by atoms with Crippen molar-refractivity contribution in [3.63, 3.8) is 0 Å². The van der Waals surface area contributed by atoms with Crippen LogP contribution in [0.15, 0.2) is 24.3 Å². The molecule has 1 aromatic rings. The molecular formula is C13H17ClN2O. The minimum Gasteiger partial charge on any atom is -0.334 e. The molecule has 2 atom stereocenters. The van der Waals surface area contributed by atoms with Gasteiger partial charge in [0.05, 0.1) is 6.04 Å². The average Bonchev–Trinajstić information content (AvgIpc) is 2.33. The number of amides is 1. The summed E-state index contributed by atoms with van der Waals surface area (Å²) in [6.07, 6.45) is 1.27. The van der Waals surface area contributed by atoms with Crippen molar-refractivity contribution >= 4 is 17.5 Å². The first-order valence-electron chi connectivity index (χ1n) is 5.94. The molecule has 1 aliphatic rings. The van der Waals surface area contributed by atoms with Gasteiger partial charge in [0.25, 0.3) is 0 Å². The summed E-state index contributed by atoms with van der Waals surface area (Å²) in [6, 6.07) is 7.49. The summed E-state index contributed by atoms with van der Waals surface area (Å²) < 4.78 is 0. The SMILES string of the molecule is CCN1C(=O)CCC(N)C1c1ccccc1Cl. The smallest absolute Gasteiger partial charge is 0.223 e. The molecule has 92 valence electrons. The molecule has 1 heterocycles. The molecule has 1 amide bonds. The number of likely N-dealkylation sites (tertiary alicyclic amines) is 1. The Bertz CT molecular complexity index is 422. The average molecular weight is 253 g/mol. The summed E-state index contributed by atoms with van der Waals surface area (Å²) in [6.45, 7) is 2.64. The third kappa shape index (κ3) is 2.31. The zero-order valence-electron chi connectivity index (χ0n) is 9.90. The minimum atomic E-state index is -0.0880. The predicted octanol–water partition coefficient (Wildman–Crippen LogP) is 2.35. The molecule has 2 N–H and O–H groups in total. The second-order valence-corrected chi connectivity index (χ2v) is 4.76. The predicted molar refractivity (Wildman–Crippen MR) is 68.8 cm³/mol. The van der Waals surface area contributed by atoms with E-state index in [0.717, 1.165) is 12.0 Å². The summed E-state index contributed by atoms with van der Waals surface area (Å²) in [5, 5.41) is 0.682. The maximum Gasteiger partial charge on any atom is 0.223 e. The van der Waals surface area contributed by atoms with Crippen LogP contribution >= 0.6 is 11.6 Å². The van der Waals surface area contributed by atoms with Crippen LogP contribution < -0.4 is 5.73 Å². The first-order chi connectivity index (χ1) is 8.15. The molecule has 0 radical (unpaired) electrons. The zero-order chi connectivity index (χ0) is 12.4. The maximum absolute atomic E-state index is 11.9. The van der Waals surface area contributed by atoms with E-state index in [9.17, 15) is 4.79 Å². The van der Waals surface area contributed by atoms with Gasteiger partial charge in [-0.3, -0.25) is 4.79 Å². The van der Waals surface area contributed by atoms with E-state index in [1.54, 1.807) is 0 Å². The van der Waals surface area contributed by atoms with E-state index in [1.807, 2.05) is 36.1 Å². The number of carbonyl (C=O) groups is 1. The van der Waals surface area contributed by atoms with E-state index in [1.165, 1.54) is 0 Å². The highest BCUT2D eigenvalue weighted by molar-refractivity contribution is 6.31. The Balaban J connectivity index is 2.39. The van der Waals surface area contributed by atoms with Crippen molar-refractivity contribution in [3.05, 3.63) is 34.9 Å². The van der Waals surface area contributed by atoms with Crippen molar-refractivity contribution in [2.75, 3.05) is 6.54 Å². The standard InChI is InChI=1S/C13H17ClN2O/c1-2-16-12(17)8-7-11(15)13(16)9-5-3-4-6-10(9)14/h3-6,11,13H,2,7-8,15H2,1H3. The van der Waals surface area contributed by atoms with Crippen LogP contribution in [0.25, 0.3) is 0 Å². The highest BCUT2D eigenvalue weighted by Crippen LogP contribution is 2.34. The lowest BCUT2D eigenvalue weighted by atomic mass is 9.90. The fourth-order valence-electron chi connectivity index (χ4n) is 2.46. The molecule has 3 nitrogen and oxygen atoms in total. The number of benzene rings is 1. The van der Waals surface area contributed by atoms with Gasteiger partial charge in [0.15, 0.2) is 0 Å². The quantitative estimate of drug-likeness (QED) is 0.878. The lowest BCUT2D eigenvalue weighted by Gasteiger charge is -2.39. The van der Waals surface area contributed by atoms with Crippen molar-refractivity contribution in [3.8, 4) is 0 Å². The van der Waals surface area contributed by atoms with Gasteiger partial charge in [0, 0.05) is 24.0 Å². The van der Waals surface area contributed by atoms with Crippen molar-refractivity contribution in [1.82, 2.24) is 4.90 Å². The second-order valence-electron chi connectivity index (χ2n) is 4.35. The van der Waals surface area contributed by atoms with Gasteiger partial charge in [-0.15, -0.1) is 0 Å². The van der Waals surface area contributed by atoms with Crippen LogP contribution in [0.4, 0.5) is 0 Å². The van der Waals surface area contributed by atoms with Crippen LogP contribution in [0.3, 0.4) is 0 Å². The lowest BCUT2D eigenvalue weighted by Crippen LogP contribution is -2.48. The molecule has 1 aliphatic heterocycles. The number of carbonyl (C=O) groups excluding carboxylic acids is 1. The highest BCUT2D eigenvalue weighted by atomic mass is 35.5. The third-order valence-corrected chi connectivity index (χ3v) is 3.66. The van der Waals surface area contributed by atoms with Gasteiger partial charge in [-0.05, 0) is 25.0 Å². The van der Waals surface area contributed by atoms with E-state index >= 15 is 0 Å². The Morgan fingerprint density at radius 3 is 2.82 bits per heavy atom. The van der Waals surface area contributed by atoms with E-state index in [0.29, 0.717) is 18.0 Å². The minimum absolute atomic E-state index is 0.0347. The van der Waals surface area contributed by atoms with Crippen LogP contribution in [-0.2, 0) is 4.79 Å². The summed E-state index contributed by atoms with van der Waals surface area (Å²) in [4.78, 5) is 13.7. The van der Waals surface area contributed by atoms with Gasteiger partial charge in [-0.1, -0.05) is 29.8 Å². The largest absolute Gasteiger partial charge is 0.334 e. The lowest BCUT2D eigenvalue weighted by molar-refractivity contribution is -0.137. The van der Waals surface area contributed by atoms with E-state index < -0.39 is 0 Å². The Kier molecular flexibility index (Phi) is 3.69. The van der Waals surface area contributed by atoms with Crippen molar-refractivity contribution in [1.29, 1.82) is 0 Å². The van der Waals surface area contributed by atoms with E-state index in [2.05, 4.69) is 0 Å². The number of nitrogens with two attached hydrogens (primary N) is 1. The Morgan fingerprint density at radius 1 is 1.47 bits per heavy atom. The van der Waals surface area contributed by atoms with Crippen LogP contribution in [-0.4, -0.2) is 23.4 Å². The number of rotatable bonds is 2. The van der Waals surface area contributed by atoms with Crippen LogP contribution in [0.2, 0.25) is 5.02 Å². The summed E-state index contributed by atoms with van der Waals surface area (Å²) in [5.41, 5.74) is 7.11. The van der Waals surface area contributed by atoms with E-state index in [4.69, 9.17) is 17.3 Å². The molecule has 1 aromatic carbocycles.